The summed E-state index contributed by atoms with van der Waals surface area (Å²) in [5.41, 5.74) is 5.71. The Bertz CT molecular complexity index is 1180. The Morgan fingerprint density at radius 1 is 1.07 bits per heavy atom. The van der Waals surface area contributed by atoms with Crippen molar-refractivity contribution in [2.24, 2.45) is 5.10 Å². The standard InChI is InChI=1S/C20H15N5O3/c1-13-6-8-14(9-7-13)19-22-17-5-3-2-4-16(17)20(23-19)24-21-12-15-10-11-18(28-15)25(26)27/h2-12H,1H3,(H,22,23,24)/b21-12+. The van der Waals surface area contributed by atoms with Crippen molar-refractivity contribution >= 4 is 28.8 Å². The number of para-hydroxylation sites is 1. The minimum atomic E-state index is -0.601. The third-order valence-corrected chi connectivity index (χ3v) is 4.07. The average molecular weight is 373 g/mol. The fourth-order valence-corrected chi connectivity index (χ4v) is 2.66. The molecule has 2 heterocycles. The van der Waals surface area contributed by atoms with Crippen molar-refractivity contribution < 1.29 is 9.34 Å². The third kappa shape index (κ3) is 3.56. The number of aryl methyl sites for hydroxylation is 1. The van der Waals surface area contributed by atoms with E-state index < -0.39 is 4.92 Å². The molecule has 0 spiro atoms. The smallest absolute Gasteiger partial charge is 0.400 e. The summed E-state index contributed by atoms with van der Waals surface area (Å²) >= 11 is 0. The Kier molecular flexibility index (Phi) is 4.51. The summed E-state index contributed by atoms with van der Waals surface area (Å²) < 4.78 is 5.05. The van der Waals surface area contributed by atoms with E-state index in [1.54, 1.807) is 0 Å². The quantitative estimate of drug-likeness (QED) is 0.312. The highest BCUT2D eigenvalue weighted by Crippen LogP contribution is 2.25. The molecule has 0 aliphatic carbocycles. The number of hydrogen-bond donors (Lipinski definition) is 1. The largest absolute Gasteiger partial charge is 0.433 e. The summed E-state index contributed by atoms with van der Waals surface area (Å²) in [4.78, 5) is 19.3. The van der Waals surface area contributed by atoms with Crippen LogP contribution in [0.1, 0.15) is 11.3 Å². The van der Waals surface area contributed by atoms with E-state index in [9.17, 15) is 10.1 Å². The molecular formula is C20H15N5O3. The molecule has 0 atom stereocenters. The summed E-state index contributed by atoms with van der Waals surface area (Å²) in [5.74, 6) is 1.02. The molecule has 0 radical (unpaired) electrons. The molecule has 4 rings (SSSR count). The number of anilines is 1. The van der Waals surface area contributed by atoms with Crippen LogP contribution in [0.2, 0.25) is 0 Å². The average Bonchev–Trinajstić information content (AvgIpc) is 3.18. The number of furan rings is 1. The molecule has 0 saturated heterocycles. The highest BCUT2D eigenvalue weighted by atomic mass is 16.6. The molecule has 8 heteroatoms. The summed E-state index contributed by atoms with van der Waals surface area (Å²) in [6.07, 6.45) is 1.36. The lowest BCUT2D eigenvalue weighted by atomic mass is 10.1. The van der Waals surface area contributed by atoms with Crippen molar-refractivity contribution in [3.63, 3.8) is 0 Å². The van der Waals surface area contributed by atoms with Gasteiger partial charge in [-0.05, 0) is 25.1 Å². The summed E-state index contributed by atoms with van der Waals surface area (Å²) in [6, 6.07) is 18.3. The third-order valence-electron chi connectivity index (χ3n) is 4.07. The van der Waals surface area contributed by atoms with Gasteiger partial charge in [-0.1, -0.05) is 42.0 Å². The minimum absolute atomic E-state index is 0.260. The van der Waals surface area contributed by atoms with Crippen LogP contribution in [0.25, 0.3) is 22.3 Å². The van der Waals surface area contributed by atoms with E-state index in [1.165, 1.54) is 18.3 Å². The van der Waals surface area contributed by atoms with Crippen molar-refractivity contribution in [3.05, 3.63) is 82.1 Å². The van der Waals surface area contributed by atoms with Crippen LogP contribution in [0, 0.1) is 17.0 Å². The van der Waals surface area contributed by atoms with E-state index >= 15 is 0 Å². The molecule has 2 aromatic carbocycles. The summed E-state index contributed by atoms with van der Waals surface area (Å²) in [7, 11) is 0. The number of nitro groups is 1. The lowest BCUT2D eigenvalue weighted by molar-refractivity contribution is -0.402. The zero-order valence-electron chi connectivity index (χ0n) is 14.9. The number of fused-ring (bicyclic) bond motifs is 1. The van der Waals surface area contributed by atoms with Crippen molar-refractivity contribution in [3.8, 4) is 11.4 Å². The first-order valence-electron chi connectivity index (χ1n) is 8.47. The predicted octanol–water partition coefficient (Wildman–Crippen LogP) is 4.55. The molecule has 0 unspecified atom stereocenters. The number of aromatic nitrogens is 2. The van der Waals surface area contributed by atoms with Gasteiger partial charge >= 0.3 is 5.88 Å². The van der Waals surface area contributed by atoms with Crippen LogP contribution in [0.15, 0.2) is 70.2 Å². The second kappa shape index (κ2) is 7.28. The van der Waals surface area contributed by atoms with E-state index in [4.69, 9.17) is 4.42 Å². The van der Waals surface area contributed by atoms with Gasteiger partial charge < -0.3 is 4.42 Å². The van der Waals surface area contributed by atoms with Gasteiger partial charge in [-0.15, -0.1) is 0 Å². The molecule has 0 amide bonds. The van der Waals surface area contributed by atoms with Crippen LogP contribution < -0.4 is 5.43 Å². The van der Waals surface area contributed by atoms with Crippen LogP contribution in [-0.2, 0) is 0 Å². The fourth-order valence-electron chi connectivity index (χ4n) is 2.66. The van der Waals surface area contributed by atoms with Gasteiger partial charge in [0, 0.05) is 10.9 Å². The fraction of sp³-hybridized carbons (Fsp3) is 0.0500. The maximum atomic E-state index is 10.7. The van der Waals surface area contributed by atoms with E-state index in [1.807, 2.05) is 55.5 Å². The van der Waals surface area contributed by atoms with Crippen LogP contribution in [-0.4, -0.2) is 21.1 Å². The molecular weight excluding hydrogens is 358 g/mol. The molecule has 138 valence electrons. The van der Waals surface area contributed by atoms with E-state index in [-0.39, 0.29) is 11.6 Å². The van der Waals surface area contributed by atoms with Gasteiger partial charge in [0.2, 0.25) is 0 Å². The second-order valence-electron chi connectivity index (χ2n) is 6.08. The zero-order chi connectivity index (χ0) is 19.5. The van der Waals surface area contributed by atoms with Gasteiger partial charge in [-0.25, -0.2) is 9.97 Å². The molecule has 0 aliphatic heterocycles. The van der Waals surface area contributed by atoms with E-state index in [0.29, 0.717) is 11.6 Å². The number of rotatable bonds is 5. The maximum absolute atomic E-state index is 10.7. The Hall–Kier alpha value is -4.07. The first-order valence-corrected chi connectivity index (χ1v) is 8.47. The van der Waals surface area contributed by atoms with Gasteiger partial charge in [0.1, 0.15) is 4.92 Å². The highest BCUT2D eigenvalue weighted by molar-refractivity contribution is 5.91. The lowest BCUT2D eigenvalue weighted by Gasteiger charge is -2.08. The second-order valence-corrected chi connectivity index (χ2v) is 6.08. The molecule has 8 nitrogen and oxygen atoms in total. The van der Waals surface area contributed by atoms with Gasteiger partial charge in [0.15, 0.2) is 17.4 Å². The molecule has 4 aromatic rings. The zero-order valence-corrected chi connectivity index (χ0v) is 14.9. The van der Waals surface area contributed by atoms with E-state index in [0.717, 1.165) is 22.0 Å². The normalized spacial score (nSPS) is 11.2. The topological polar surface area (TPSA) is 106 Å². The Morgan fingerprint density at radius 2 is 1.86 bits per heavy atom. The predicted molar refractivity (Wildman–Crippen MR) is 106 cm³/mol. The van der Waals surface area contributed by atoms with E-state index in [2.05, 4.69) is 20.5 Å². The monoisotopic (exact) mass is 373 g/mol. The molecule has 1 N–H and O–H groups in total. The van der Waals surface area contributed by atoms with Gasteiger partial charge in [-0.3, -0.25) is 15.5 Å². The highest BCUT2D eigenvalue weighted by Gasteiger charge is 2.11. The van der Waals surface area contributed by atoms with Gasteiger partial charge in [0.05, 0.1) is 17.8 Å². The molecule has 2 aromatic heterocycles. The summed E-state index contributed by atoms with van der Waals surface area (Å²) in [6.45, 7) is 2.02. The van der Waals surface area contributed by atoms with Crippen LogP contribution in [0.3, 0.4) is 0 Å². The van der Waals surface area contributed by atoms with Crippen LogP contribution >= 0.6 is 0 Å². The number of nitrogens with one attached hydrogen (secondary N) is 1. The van der Waals surface area contributed by atoms with Gasteiger partial charge in [-0.2, -0.15) is 5.10 Å². The lowest BCUT2D eigenvalue weighted by Crippen LogP contribution is -1.99. The van der Waals surface area contributed by atoms with Crippen molar-refractivity contribution in [2.75, 3.05) is 5.43 Å². The number of hydrogen-bond acceptors (Lipinski definition) is 7. The van der Waals surface area contributed by atoms with Crippen molar-refractivity contribution in [2.45, 2.75) is 6.92 Å². The SMILES string of the molecule is Cc1ccc(-c2nc(N/N=C/c3ccc([N+](=O)[O-])o3)c3ccccc3n2)cc1. The Morgan fingerprint density at radius 3 is 2.61 bits per heavy atom. The number of hydrazone groups is 1. The first-order chi connectivity index (χ1) is 13.6. The molecule has 0 bridgehead atoms. The molecule has 0 aliphatic rings. The Balaban J connectivity index is 1.67. The first kappa shape index (κ1) is 17.3. The minimum Gasteiger partial charge on any atom is -0.400 e. The molecule has 0 saturated carbocycles. The van der Waals surface area contributed by atoms with Gasteiger partial charge in [0.25, 0.3) is 0 Å². The van der Waals surface area contributed by atoms with Crippen LogP contribution in [0.5, 0.6) is 0 Å². The molecule has 28 heavy (non-hydrogen) atoms. The maximum Gasteiger partial charge on any atom is 0.433 e. The van der Waals surface area contributed by atoms with Crippen molar-refractivity contribution in [1.29, 1.82) is 0 Å². The number of benzene rings is 2. The Labute approximate surface area is 159 Å². The van der Waals surface area contributed by atoms with Crippen LogP contribution in [0.4, 0.5) is 11.7 Å². The molecule has 0 fully saturated rings. The van der Waals surface area contributed by atoms with Crippen molar-refractivity contribution in [1.82, 2.24) is 9.97 Å². The number of nitrogens with zero attached hydrogens (tertiary/aromatic N) is 4. The summed E-state index contributed by atoms with van der Waals surface area (Å²) in [5, 5.41) is 15.6.